The molecule has 0 atom stereocenters. The second kappa shape index (κ2) is 3.98. The fourth-order valence-electron chi connectivity index (χ4n) is 1.53. The van der Waals surface area contributed by atoms with Crippen LogP contribution in [0, 0.1) is 6.92 Å². The van der Waals surface area contributed by atoms with E-state index in [9.17, 15) is 4.79 Å². The van der Waals surface area contributed by atoms with Gasteiger partial charge in [0.05, 0.1) is 6.54 Å². The Morgan fingerprint density at radius 3 is 2.64 bits per heavy atom. The third-order valence-corrected chi connectivity index (χ3v) is 2.35. The molecule has 0 amide bonds. The molecule has 1 aromatic rings. The van der Waals surface area contributed by atoms with Crippen molar-refractivity contribution in [2.75, 3.05) is 26.2 Å². The third kappa shape index (κ3) is 2.05. The summed E-state index contributed by atoms with van der Waals surface area (Å²) in [5.41, 5.74) is 0. The van der Waals surface area contributed by atoms with Gasteiger partial charge in [0.25, 0.3) is 0 Å². The molecule has 0 spiro atoms. The lowest BCUT2D eigenvalue weighted by molar-refractivity contribution is 0.211. The Bertz CT molecular complexity index is 349. The fraction of sp³-hybridized carbons (Fsp3) is 0.667. The molecule has 5 nitrogen and oxygen atoms in total. The lowest BCUT2D eigenvalue weighted by Gasteiger charge is -2.24. The van der Waals surface area contributed by atoms with Crippen molar-refractivity contribution in [2.24, 2.45) is 0 Å². The predicted octanol–water partition coefficient (Wildman–Crippen LogP) is -0.0388. The van der Waals surface area contributed by atoms with E-state index in [-0.39, 0.29) is 0 Å². The monoisotopic (exact) mass is 197 g/mol. The van der Waals surface area contributed by atoms with Crippen LogP contribution in [0.1, 0.15) is 11.5 Å². The van der Waals surface area contributed by atoms with E-state index < -0.39 is 5.82 Å². The van der Waals surface area contributed by atoms with Crippen molar-refractivity contribution in [2.45, 2.75) is 13.5 Å². The van der Waals surface area contributed by atoms with E-state index in [0.29, 0.717) is 18.1 Å². The average molecular weight is 197 g/mol. The molecule has 0 aliphatic carbocycles. The maximum atomic E-state index is 10.8. The highest BCUT2D eigenvalue weighted by molar-refractivity contribution is 5.00. The molecule has 2 rings (SSSR count). The minimum atomic E-state index is -0.612. The summed E-state index contributed by atoms with van der Waals surface area (Å²) < 4.78 is 9.71. The first-order chi connectivity index (χ1) is 6.75. The van der Waals surface area contributed by atoms with Gasteiger partial charge in [-0.1, -0.05) is 0 Å². The van der Waals surface area contributed by atoms with Crippen molar-refractivity contribution >= 4 is 0 Å². The molecule has 77 valence electrons. The smallest absolute Gasteiger partial charge is 0.396 e. The Labute approximate surface area is 81.7 Å². The summed E-state index contributed by atoms with van der Waals surface area (Å²) in [5, 5.41) is 4.24. The van der Waals surface area contributed by atoms with Gasteiger partial charge in [-0.15, -0.1) is 0 Å². The van der Waals surface area contributed by atoms with Crippen LogP contribution in [-0.2, 0) is 6.54 Å². The first-order valence-corrected chi connectivity index (χ1v) is 4.71. The van der Waals surface area contributed by atoms with E-state index in [4.69, 9.17) is 8.83 Å². The summed E-state index contributed by atoms with van der Waals surface area (Å²) >= 11 is 0. The fourth-order valence-corrected chi connectivity index (χ4v) is 1.53. The molecule has 0 bridgehead atoms. The van der Waals surface area contributed by atoms with Crippen LogP contribution in [0.3, 0.4) is 0 Å². The van der Waals surface area contributed by atoms with Gasteiger partial charge < -0.3 is 8.83 Å². The number of rotatable bonds is 2. The zero-order valence-electron chi connectivity index (χ0n) is 8.15. The molecule has 5 heteroatoms. The standard InChI is InChI=1S/C9H13N2O3/c1-7-8(14-9(12)13-7)6-11-4-2-10-3-5-11/h2-6H2,1H3. The predicted molar refractivity (Wildman–Crippen MR) is 49.1 cm³/mol. The molecule has 1 aliphatic heterocycles. The van der Waals surface area contributed by atoms with Crippen LogP contribution in [0.25, 0.3) is 0 Å². The summed E-state index contributed by atoms with van der Waals surface area (Å²) in [6.45, 7) is 5.96. The Hall–Kier alpha value is -1.07. The van der Waals surface area contributed by atoms with Crippen LogP contribution in [-0.4, -0.2) is 31.1 Å². The second-order valence-electron chi connectivity index (χ2n) is 3.38. The van der Waals surface area contributed by atoms with Crippen LogP contribution >= 0.6 is 0 Å². The molecule has 1 radical (unpaired) electrons. The van der Waals surface area contributed by atoms with E-state index in [1.165, 1.54) is 0 Å². The molecule has 0 N–H and O–H groups in total. The van der Waals surface area contributed by atoms with Gasteiger partial charge in [0, 0.05) is 26.2 Å². The Balaban J connectivity index is 2.02. The van der Waals surface area contributed by atoms with E-state index >= 15 is 0 Å². The molecule has 2 heterocycles. The number of hydrogen-bond acceptors (Lipinski definition) is 4. The van der Waals surface area contributed by atoms with Gasteiger partial charge in [0.2, 0.25) is 0 Å². The van der Waals surface area contributed by atoms with Crippen molar-refractivity contribution in [3.63, 3.8) is 0 Å². The Morgan fingerprint density at radius 2 is 2.07 bits per heavy atom. The van der Waals surface area contributed by atoms with Gasteiger partial charge in [-0.25, -0.2) is 10.1 Å². The van der Waals surface area contributed by atoms with Crippen LogP contribution in [0.15, 0.2) is 13.6 Å². The lowest BCUT2D eigenvalue weighted by atomic mass is 10.3. The van der Waals surface area contributed by atoms with Gasteiger partial charge >= 0.3 is 5.82 Å². The number of aryl methyl sites for hydroxylation is 1. The van der Waals surface area contributed by atoms with Gasteiger partial charge in [-0.2, -0.15) is 0 Å². The topological polar surface area (TPSA) is 60.7 Å². The molecule has 0 aromatic carbocycles. The van der Waals surface area contributed by atoms with Crippen LogP contribution in [0.2, 0.25) is 0 Å². The molecule has 1 aromatic heterocycles. The van der Waals surface area contributed by atoms with Crippen molar-refractivity contribution in [1.29, 1.82) is 0 Å². The highest BCUT2D eigenvalue weighted by atomic mass is 16.6. The highest BCUT2D eigenvalue weighted by Crippen LogP contribution is 2.09. The molecule has 0 saturated carbocycles. The Morgan fingerprint density at radius 1 is 1.36 bits per heavy atom. The maximum Gasteiger partial charge on any atom is 0.519 e. The van der Waals surface area contributed by atoms with Gasteiger partial charge in [-0.05, 0) is 6.92 Å². The largest absolute Gasteiger partial charge is 0.519 e. The van der Waals surface area contributed by atoms with E-state index in [2.05, 4.69) is 10.2 Å². The minimum Gasteiger partial charge on any atom is -0.396 e. The zero-order chi connectivity index (χ0) is 9.97. The van der Waals surface area contributed by atoms with Crippen molar-refractivity contribution in [3.05, 3.63) is 22.1 Å². The third-order valence-electron chi connectivity index (χ3n) is 2.35. The van der Waals surface area contributed by atoms with Gasteiger partial charge in [0.15, 0.2) is 5.76 Å². The molecular weight excluding hydrogens is 184 g/mol. The summed E-state index contributed by atoms with van der Waals surface area (Å²) in [6, 6.07) is 0. The molecule has 1 fully saturated rings. The zero-order valence-corrected chi connectivity index (χ0v) is 8.15. The molecule has 0 unspecified atom stereocenters. The van der Waals surface area contributed by atoms with Gasteiger partial charge in [0.1, 0.15) is 5.76 Å². The summed E-state index contributed by atoms with van der Waals surface area (Å²) in [4.78, 5) is 13.0. The first-order valence-electron chi connectivity index (χ1n) is 4.71. The molecule has 1 aliphatic rings. The van der Waals surface area contributed by atoms with Crippen LogP contribution in [0.4, 0.5) is 0 Å². The Kier molecular flexibility index (Phi) is 2.69. The van der Waals surface area contributed by atoms with E-state index in [1.54, 1.807) is 6.92 Å². The average Bonchev–Trinajstić information content (AvgIpc) is 2.47. The summed E-state index contributed by atoms with van der Waals surface area (Å²) in [6.07, 6.45) is 0. The first kappa shape index (κ1) is 9.48. The number of piperazine rings is 1. The molecule has 14 heavy (non-hydrogen) atoms. The quantitative estimate of drug-likeness (QED) is 0.667. The normalized spacial score (nSPS) is 18.6. The highest BCUT2D eigenvalue weighted by Gasteiger charge is 2.15. The number of hydrogen-bond donors (Lipinski definition) is 0. The van der Waals surface area contributed by atoms with E-state index in [0.717, 1.165) is 26.2 Å². The molecule has 1 saturated heterocycles. The van der Waals surface area contributed by atoms with Crippen molar-refractivity contribution in [1.82, 2.24) is 10.2 Å². The van der Waals surface area contributed by atoms with Gasteiger partial charge in [-0.3, -0.25) is 4.90 Å². The van der Waals surface area contributed by atoms with Crippen molar-refractivity contribution in [3.8, 4) is 0 Å². The number of nitrogens with zero attached hydrogens (tertiary/aromatic N) is 2. The minimum absolute atomic E-state index is 0.581. The maximum absolute atomic E-state index is 10.8. The second-order valence-corrected chi connectivity index (χ2v) is 3.38. The van der Waals surface area contributed by atoms with Crippen molar-refractivity contribution < 1.29 is 8.83 Å². The lowest BCUT2D eigenvalue weighted by Crippen LogP contribution is -2.39. The van der Waals surface area contributed by atoms with Crippen LogP contribution < -0.4 is 11.1 Å². The molecular formula is C9H13N2O3. The SMILES string of the molecule is Cc1oc(=O)oc1CN1CC[N]CC1. The summed E-state index contributed by atoms with van der Waals surface area (Å²) in [5.74, 6) is 0.605. The van der Waals surface area contributed by atoms with E-state index in [1.807, 2.05) is 0 Å². The van der Waals surface area contributed by atoms with Crippen LogP contribution in [0.5, 0.6) is 0 Å². The summed E-state index contributed by atoms with van der Waals surface area (Å²) in [7, 11) is 0.